The van der Waals surface area contributed by atoms with Crippen molar-refractivity contribution in [3.8, 4) is 6.07 Å². The second-order valence-electron chi connectivity index (χ2n) is 8.25. The van der Waals surface area contributed by atoms with Gasteiger partial charge in [-0.15, -0.1) is 0 Å². The number of hydrogen-bond donors (Lipinski definition) is 1. The van der Waals surface area contributed by atoms with E-state index in [4.69, 9.17) is 0 Å². The van der Waals surface area contributed by atoms with Crippen LogP contribution in [0.25, 0.3) is 17.0 Å². The van der Waals surface area contributed by atoms with Crippen LogP contribution in [-0.2, 0) is 17.8 Å². The highest BCUT2D eigenvalue weighted by atomic mass is 16.1. The summed E-state index contributed by atoms with van der Waals surface area (Å²) in [5, 5.41) is 13.6. The van der Waals surface area contributed by atoms with Crippen molar-refractivity contribution in [3.63, 3.8) is 0 Å². The molecule has 4 rings (SSSR count). The number of para-hydroxylation sites is 1. The Kier molecular flexibility index (Phi) is 6.71. The molecule has 0 aliphatic rings. The molecule has 0 bridgehead atoms. The molecule has 164 valence electrons. The molecule has 1 amide bonds. The van der Waals surface area contributed by atoms with E-state index in [0.29, 0.717) is 6.54 Å². The Bertz CT molecular complexity index is 1360. The fraction of sp³-hybridized carbons (Fsp3) is 0.172. The summed E-state index contributed by atoms with van der Waals surface area (Å²) < 4.78 is 2.25. The van der Waals surface area contributed by atoms with Crippen molar-refractivity contribution in [3.05, 3.63) is 112 Å². The lowest BCUT2D eigenvalue weighted by Gasteiger charge is -2.09. The number of aryl methyl sites for hydroxylation is 1. The smallest absolute Gasteiger partial charge is 0.261 e. The lowest BCUT2D eigenvalue weighted by Crippen LogP contribution is -2.26. The zero-order chi connectivity index (χ0) is 23.2. The van der Waals surface area contributed by atoms with Crippen LogP contribution in [0.2, 0.25) is 0 Å². The van der Waals surface area contributed by atoms with Gasteiger partial charge in [0.2, 0.25) is 0 Å². The van der Waals surface area contributed by atoms with Crippen LogP contribution < -0.4 is 5.32 Å². The molecule has 1 heterocycles. The first-order valence-corrected chi connectivity index (χ1v) is 11.1. The van der Waals surface area contributed by atoms with E-state index in [2.05, 4.69) is 53.2 Å². The van der Waals surface area contributed by atoms with Gasteiger partial charge in [-0.05, 0) is 43.5 Å². The minimum Gasteiger partial charge on any atom is -0.351 e. The Morgan fingerprint density at radius 1 is 0.970 bits per heavy atom. The van der Waals surface area contributed by atoms with Gasteiger partial charge in [-0.1, -0.05) is 78.4 Å². The van der Waals surface area contributed by atoms with Crippen LogP contribution in [0, 0.1) is 25.2 Å². The number of carbonyl (C=O) groups excluding carboxylic acids is 1. The number of benzene rings is 3. The fourth-order valence-corrected chi connectivity index (χ4v) is 4.19. The van der Waals surface area contributed by atoms with Gasteiger partial charge in [-0.2, -0.15) is 5.26 Å². The van der Waals surface area contributed by atoms with Crippen molar-refractivity contribution >= 4 is 22.9 Å². The molecule has 0 aliphatic heterocycles. The largest absolute Gasteiger partial charge is 0.351 e. The second-order valence-corrected chi connectivity index (χ2v) is 8.25. The molecule has 0 saturated heterocycles. The van der Waals surface area contributed by atoms with Crippen LogP contribution in [0.4, 0.5) is 0 Å². The lowest BCUT2D eigenvalue weighted by molar-refractivity contribution is -0.117. The number of amides is 1. The standard InChI is InChI=1S/C29H27N3O/c1-21-9-8-12-24(17-21)20-32-22(2)27(26-13-6-7-14-28(26)32)18-25(19-30)29(33)31-16-15-23-10-4-3-5-11-23/h3-14,17-18H,15-16,20H2,1-2H3,(H,31,33)/b25-18+. The molecule has 4 aromatic rings. The fourth-order valence-electron chi connectivity index (χ4n) is 4.19. The van der Waals surface area contributed by atoms with Crippen molar-refractivity contribution in [2.24, 2.45) is 0 Å². The molecule has 0 aliphatic carbocycles. The van der Waals surface area contributed by atoms with Crippen molar-refractivity contribution in [2.45, 2.75) is 26.8 Å². The molecule has 4 nitrogen and oxygen atoms in total. The Balaban J connectivity index is 1.61. The molecule has 1 aromatic heterocycles. The quantitative estimate of drug-likeness (QED) is 0.306. The second kappa shape index (κ2) is 10.0. The minimum absolute atomic E-state index is 0.115. The van der Waals surface area contributed by atoms with Gasteiger partial charge in [0.05, 0.1) is 0 Å². The summed E-state index contributed by atoms with van der Waals surface area (Å²) in [6.45, 7) is 5.35. The highest BCUT2D eigenvalue weighted by Crippen LogP contribution is 2.29. The number of carbonyl (C=O) groups is 1. The van der Waals surface area contributed by atoms with Crippen LogP contribution in [0.3, 0.4) is 0 Å². The summed E-state index contributed by atoms with van der Waals surface area (Å²) in [6, 6.07) is 28.7. The van der Waals surface area contributed by atoms with Gasteiger partial charge in [-0.25, -0.2) is 0 Å². The van der Waals surface area contributed by atoms with Gasteiger partial charge in [0.25, 0.3) is 5.91 Å². The number of nitrogens with zero attached hydrogens (tertiary/aromatic N) is 2. The number of rotatable bonds is 7. The normalized spacial score (nSPS) is 11.4. The van der Waals surface area contributed by atoms with Crippen LogP contribution in [-0.4, -0.2) is 17.0 Å². The summed E-state index contributed by atoms with van der Waals surface area (Å²) in [7, 11) is 0. The summed E-state index contributed by atoms with van der Waals surface area (Å²) in [5.74, 6) is -0.344. The molecule has 0 saturated carbocycles. The van der Waals surface area contributed by atoms with Crippen LogP contribution in [0.15, 0.2) is 84.4 Å². The van der Waals surface area contributed by atoms with Gasteiger partial charge in [0.15, 0.2) is 0 Å². The molecule has 33 heavy (non-hydrogen) atoms. The first-order valence-electron chi connectivity index (χ1n) is 11.1. The van der Waals surface area contributed by atoms with E-state index in [9.17, 15) is 10.1 Å². The molecule has 3 aromatic carbocycles. The predicted octanol–water partition coefficient (Wildman–Crippen LogP) is 5.57. The number of nitrogens with one attached hydrogen (secondary N) is 1. The third-order valence-corrected chi connectivity index (χ3v) is 5.90. The van der Waals surface area contributed by atoms with Crippen LogP contribution in [0.1, 0.15) is 27.9 Å². The minimum atomic E-state index is -0.344. The first-order chi connectivity index (χ1) is 16.1. The summed E-state index contributed by atoms with van der Waals surface area (Å²) in [4.78, 5) is 12.7. The Morgan fingerprint density at radius 3 is 2.45 bits per heavy atom. The van der Waals surface area contributed by atoms with Crippen molar-refractivity contribution in [2.75, 3.05) is 6.54 Å². The summed E-state index contributed by atoms with van der Waals surface area (Å²) in [6.07, 6.45) is 2.45. The molecule has 0 fully saturated rings. The average molecular weight is 434 g/mol. The van der Waals surface area contributed by atoms with Gasteiger partial charge < -0.3 is 9.88 Å². The van der Waals surface area contributed by atoms with Gasteiger partial charge in [-0.3, -0.25) is 4.79 Å². The Morgan fingerprint density at radius 2 is 1.70 bits per heavy atom. The van der Waals surface area contributed by atoms with E-state index in [0.717, 1.165) is 40.7 Å². The zero-order valence-electron chi connectivity index (χ0n) is 19.0. The molecule has 0 radical (unpaired) electrons. The average Bonchev–Trinajstić information content (AvgIpc) is 3.09. The van der Waals surface area contributed by atoms with Crippen LogP contribution >= 0.6 is 0 Å². The molecule has 4 heteroatoms. The maximum atomic E-state index is 12.7. The zero-order valence-corrected chi connectivity index (χ0v) is 19.0. The van der Waals surface area contributed by atoms with E-state index < -0.39 is 0 Å². The Labute approximate surface area is 194 Å². The molecular formula is C29H27N3O. The monoisotopic (exact) mass is 433 g/mol. The molecule has 0 atom stereocenters. The van der Waals surface area contributed by atoms with E-state index in [1.165, 1.54) is 11.1 Å². The molecular weight excluding hydrogens is 406 g/mol. The summed E-state index contributed by atoms with van der Waals surface area (Å²) >= 11 is 0. The third-order valence-electron chi connectivity index (χ3n) is 5.90. The lowest BCUT2D eigenvalue weighted by atomic mass is 10.1. The third kappa shape index (κ3) is 5.05. The SMILES string of the molecule is Cc1cccc(Cn2c(C)c(/C=C(\C#N)C(=O)NCCc3ccccc3)c3ccccc32)c1. The highest BCUT2D eigenvalue weighted by Gasteiger charge is 2.16. The number of hydrogen-bond acceptors (Lipinski definition) is 2. The van der Waals surface area contributed by atoms with Gasteiger partial charge >= 0.3 is 0 Å². The van der Waals surface area contributed by atoms with E-state index in [-0.39, 0.29) is 11.5 Å². The Hall–Kier alpha value is -4.10. The highest BCUT2D eigenvalue weighted by molar-refractivity contribution is 6.04. The number of aromatic nitrogens is 1. The van der Waals surface area contributed by atoms with Crippen LogP contribution in [0.5, 0.6) is 0 Å². The predicted molar refractivity (Wildman–Crippen MR) is 134 cm³/mol. The van der Waals surface area contributed by atoms with Gasteiger partial charge in [0.1, 0.15) is 11.6 Å². The van der Waals surface area contributed by atoms with E-state index in [1.54, 1.807) is 6.08 Å². The number of nitriles is 1. The van der Waals surface area contributed by atoms with Crippen molar-refractivity contribution < 1.29 is 4.79 Å². The topological polar surface area (TPSA) is 57.8 Å². The molecule has 1 N–H and O–H groups in total. The first kappa shape index (κ1) is 22.1. The van der Waals surface area contributed by atoms with Crippen molar-refractivity contribution in [1.82, 2.24) is 9.88 Å². The maximum absolute atomic E-state index is 12.7. The molecule has 0 unspecified atom stereocenters. The van der Waals surface area contributed by atoms with E-state index in [1.807, 2.05) is 55.5 Å². The number of fused-ring (bicyclic) bond motifs is 1. The van der Waals surface area contributed by atoms with Crippen molar-refractivity contribution in [1.29, 1.82) is 5.26 Å². The summed E-state index contributed by atoms with van der Waals surface area (Å²) in [5.41, 5.74) is 6.73. The maximum Gasteiger partial charge on any atom is 0.261 e. The molecule has 0 spiro atoms. The van der Waals surface area contributed by atoms with E-state index >= 15 is 0 Å². The van der Waals surface area contributed by atoms with Gasteiger partial charge in [0, 0.05) is 35.2 Å².